The first-order chi connectivity index (χ1) is 16.5. The largest absolute Gasteiger partial charge is 0.435 e. The topological polar surface area (TPSA) is 107 Å². The number of hydrogen-bond donors (Lipinski definition) is 1. The second-order valence-electron chi connectivity index (χ2n) is 10.0. The number of carbonyl (C=O) groups is 2. The van der Waals surface area contributed by atoms with Gasteiger partial charge in [0.15, 0.2) is 9.84 Å². The van der Waals surface area contributed by atoms with Crippen molar-refractivity contribution in [1.82, 2.24) is 15.1 Å². The molecule has 5 rings (SSSR count). The minimum absolute atomic E-state index is 0.00198. The Bertz CT molecular complexity index is 1290. The lowest BCUT2D eigenvalue weighted by atomic mass is 9.84. The molecule has 0 bridgehead atoms. The molecule has 1 aromatic carbocycles. The fourth-order valence-electron chi connectivity index (χ4n) is 5.08. The third kappa shape index (κ3) is 4.96. The molecule has 2 atom stereocenters. The Morgan fingerprint density at radius 2 is 2.00 bits per heavy atom. The van der Waals surface area contributed by atoms with Crippen LogP contribution in [-0.2, 0) is 27.5 Å². The van der Waals surface area contributed by atoms with Crippen molar-refractivity contribution < 1.29 is 31.5 Å². The highest BCUT2D eigenvalue weighted by Gasteiger charge is 2.42. The smallest absolute Gasteiger partial charge is 0.387 e. The summed E-state index contributed by atoms with van der Waals surface area (Å²) in [5.41, 5.74) is 1.78. The number of nitrogens with one attached hydrogen (secondary N) is 1. The molecule has 1 aliphatic heterocycles. The van der Waals surface area contributed by atoms with Crippen LogP contribution in [0.25, 0.3) is 11.3 Å². The fourth-order valence-corrected chi connectivity index (χ4v) is 7.17. The molecular weight excluding hydrogens is 480 g/mol. The van der Waals surface area contributed by atoms with Gasteiger partial charge in [-0.3, -0.25) is 9.59 Å². The summed E-state index contributed by atoms with van der Waals surface area (Å²) < 4.78 is 55.2. The Labute approximate surface area is 201 Å². The monoisotopic (exact) mass is 507 g/mol. The quantitative estimate of drug-likeness (QED) is 0.644. The van der Waals surface area contributed by atoms with Crippen LogP contribution >= 0.6 is 0 Å². The van der Waals surface area contributed by atoms with Crippen molar-refractivity contribution in [1.29, 1.82) is 0 Å². The molecule has 2 heterocycles. The summed E-state index contributed by atoms with van der Waals surface area (Å²) in [6, 6.07) is 6.23. The predicted octanol–water partition coefficient (Wildman–Crippen LogP) is 3.00. The number of hydrogen-bond acceptors (Lipinski definition) is 6. The molecule has 11 heteroatoms. The van der Waals surface area contributed by atoms with Gasteiger partial charge >= 0.3 is 6.61 Å². The molecule has 188 valence electrons. The first-order valence-electron chi connectivity index (χ1n) is 11.8. The van der Waals surface area contributed by atoms with Crippen LogP contribution in [0.4, 0.5) is 8.78 Å². The van der Waals surface area contributed by atoms with Crippen molar-refractivity contribution >= 4 is 21.7 Å². The van der Waals surface area contributed by atoms with Gasteiger partial charge in [-0.1, -0.05) is 12.1 Å². The molecule has 35 heavy (non-hydrogen) atoms. The summed E-state index contributed by atoms with van der Waals surface area (Å²) in [7, 11) is -3.17. The Kier molecular flexibility index (Phi) is 5.93. The second kappa shape index (κ2) is 8.69. The van der Waals surface area contributed by atoms with E-state index in [0.29, 0.717) is 42.6 Å². The molecule has 2 fully saturated rings. The summed E-state index contributed by atoms with van der Waals surface area (Å²) in [5.74, 6) is -0.897. The van der Waals surface area contributed by atoms with Crippen LogP contribution < -0.4 is 10.1 Å². The lowest BCUT2D eigenvalue weighted by Crippen LogP contribution is -2.50. The molecular formula is C24H27F2N3O5S. The Morgan fingerprint density at radius 3 is 2.66 bits per heavy atom. The van der Waals surface area contributed by atoms with E-state index in [0.717, 1.165) is 18.4 Å². The number of sulfone groups is 1. The minimum Gasteiger partial charge on any atom is -0.435 e. The lowest BCUT2D eigenvalue weighted by Gasteiger charge is -2.29. The molecule has 1 saturated carbocycles. The Hall–Kier alpha value is -2.82. The lowest BCUT2D eigenvalue weighted by molar-refractivity contribution is -0.126. The SMILES string of the molecule is C[C@]1(NC(=O)[C@@H]2CCc3c(-c4cccc(OC(F)F)c4)nn(C(=O)C4CC4)c3C2)CCS(=O)(=O)C1. The zero-order valence-electron chi connectivity index (χ0n) is 19.3. The van der Waals surface area contributed by atoms with Gasteiger partial charge in [0.2, 0.25) is 11.8 Å². The molecule has 2 aromatic rings. The number of benzene rings is 1. The van der Waals surface area contributed by atoms with Gasteiger partial charge in [0, 0.05) is 29.4 Å². The van der Waals surface area contributed by atoms with Crippen molar-refractivity contribution in [3.05, 3.63) is 35.5 Å². The van der Waals surface area contributed by atoms with E-state index in [-0.39, 0.29) is 35.0 Å². The molecule has 3 aliphatic rings. The number of alkyl halides is 2. The fraction of sp³-hybridized carbons (Fsp3) is 0.542. The van der Waals surface area contributed by atoms with Gasteiger partial charge in [-0.05, 0) is 51.2 Å². The van der Waals surface area contributed by atoms with Gasteiger partial charge in [0.25, 0.3) is 0 Å². The van der Waals surface area contributed by atoms with Crippen LogP contribution in [0, 0.1) is 11.8 Å². The minimum atomic E-state index is -3.17. The van der Waals surface area contributed by atoms with Crippen molar-refractivity contribution in [2.24, 2.45) is 11.8 Å². The number of fused-ring (bicyclic) bond motifs is 1. The van der Waals surface area contributed by atoms with E-state index < -0.39 is 27.9 Å². The van der Waals surface area contributed by atoms with Gasteiger partial charge in [0.1, 0.15) is 5.75 Å². The summed E-state index contributed by atoms with van der Waals surface area (Å²) >= 11 is 0. The van der Waals surface area contributed by atoms with E-state index in [1.54, 1.807) is 19.1 Å². The Balaban J connectivity index is 1.43. The molecule has 0 radical (unpaired) electrons. The van der Waals surface area contributed by atoms with E-state index in [2.05, 4.69) is 15.2 Å². The maximum atomic E-state index is 13.1. The summed E-state index contributed by atoms with van der Waals surface area (Å²) in [5, 5.41) is 7.53. The zero-order valence-corrected chi connectivity index (χ0v) is 20.1. The second-order valence-corrected chi connectivity index (χ2v) is 12.2. The maximum Gasteiger partial charge on any atom is 0.387 e. The molecule has 8 nitrogen and oxygen atoms in total. The van der Waals surface area contributed by atoms with Gasteiger partial charge in [-0.15, -0.1) is 0 Å². The molecule has 0 unspecified atom stereocenters. The van der Waals surface area contributed by atoms with E-state index in [4.69, 9.17) is 0 Å². The van der Waals surface area contributed by atoms with E-state index in [1.807, 2.05) is 0 Å². The van der Waals surface area contributed by atoms with Crippen LogP contribution in [0.5, 0.6) is 5.75 Å². The maximum absolute atomic E-state index is 13.1. The highest BCUT2D eigenvalue weighted by atomic mass is 32.2. The standard InChI is InChI=1S/C24H27F2N3O5S/c1-24(9-10-35(32,33)13-24)27-21(30)16-7-8-18-19(12-16)29(22(31)14-5-6-14)28-20(18)15-3-2-4-17(11-15)34-23(25)26/h2-4,11,14,16,23H,5-10,12-13H2,1H3,(H,27,30)/t16-,24+/m1/s1. The number of aromatic nitrogens is 2. The van der Waals surface area contributed by atoms with Crippen LogP contribution in [0.2, 0.25) is 0 Å². The van der Waals surface area contributed by atoms with Crippen molar-refractivity contribution in [2.45, 2.75) is 57.6 Å². The number of carbonyl (C=O) groups excluding carboxylic acids is 2. The van der Waals surface area contributed by atoms with E-state index in [9.17, 15) is 26.8 Å². The van der Waals surface area contributed by atoms with Crippen molar-refractivity contribution in [2.75, 3.05) is 11.5 Å². The highest BCUT2D eigenvalue weighted by Crippen LogP contribution is 2.38. The number of ether oxygens (including phenoxy) is 1. The Morgan fingerprint density at radius 1 is 1.23 bits per heavy atom. The number of amides is 1. The van der Waals surface area contributed by atoms with Crippen LogP contribution in [-0.4, -0.2) is 53.7 Å². The van der Waals surface area contributed by atoms with E-state index in [1.165, 1.54) is 16.8 Å². The number of nitrogens with zero attached hydrogens (tertiary/aromatic N) is 2. The van der Waals surface area contributed by atoms with Crippen molar-refractivity contribution in [3.63, 3.8) is 0 Å². The first-order valence-corrected chi connectivity index (χ1v) is 13.6. The molecule has 0 spiro atoms. The first kappa shape index (κ1) is 23.9. The third-order valence-corrected chi connectivity index (χ3v) is 8.94. The van der Waals surface area contributed by atoms with Gasteiger partial charge in [0.05, 0.1) is 28.4 Å². The molecule has 2 aliphatic carbocycles. The highest BCUT2D eigenvalue weighted by molar-refractivity contribution is 7.91. The van der Waals surface area contributed by atoms with Gasteiger partial charge in [-0.25, -0.2) is 13.1 Å². The van der Waals surface area contributed by atoms with E-state index >= 15 is 0 Å². The molecule has 1 aromatic heterocycles. The number of rotatable bonds is 6. The van der Waals surface area contributed by atoms with Crippen LogP contribution in [0.1, 0.15) is 48.7 Å². The molecule has 1 saturated heterocycles. The zero-order chi connectivity index (χ0) is 25.0. The predicted molar refractivity (Wildman–Crippen MR) is 123 cm³/mol. The molecule has 1 N–H and O–H groups in total. The van der Waals surface area contributed by atoms with Gasteiger partial charge in [-0.2, -0.15) is 13.9 Å². The van der Waals surface area contributed by atoms with Crippen molar-refractivity contribution in [3.8, 4) is 17.0 Å². The van der Waals surface area contributed by atoms with Gasteiger partial charge < -0.3 is 10.1 Å². The van der Waals surface area contributed by atoms with Crippen LogP contribution in [0.3, 0.4) is 0 Å². The average Bonchev–Trinajstić information content (AvgIpc) is 3.51. The number of halogens is 2. The molecule has 1 amide bonds. The summed E-state index contributed by atoms with van der Waals surface area (Å²) in [4.78, 5) is 26.1. The third-order valence-electron chi connectivity index (χ3n) is 7.04. The normalized spacial score (nSPS) is 25.3. The average molecular weight is 508 g/mol. The summed E-state index contributed by atoms with van der Waals surface area (Å²) in [6.07, 6.45) is 3.23. The summed E-state index contributed by atoms with van der Waals surface area (Å²) in [6.45, 7) is -1.21. The van der Waals surface area contributed by atoms with Crippen LogP contribution in [0.15, 0.2) is 24.3 Å².